The lowest BCUT2D eigenvalue weighted by Gasteiger charge is -2.30. The maximum Gasteiger partial charge on any atom is 0.263 e. The van der Waals surface area contributed by atoms with E-state index in [-0.39, 0.29) is 17.0 Å². The summed E-state index contributed by atoms with van der Waals surface area (Å²) in [5.74, 6) is 0.439. The molecule has 0 bridgehead atoms. The first-order chi connectivity index (χ1) is 15.1. The second kappa shape index (κ2) is 9.75. The number of benzene rings is 2. The van der Waals surface area contributed by atoms with Crippen LogP contribution >= 0.6 is 0 Å². The molecule has 1 aliphatic rings. The van der Waals surface area contributed by atoms with E-state index in [9.17, 15) is 9.59 Å². The molecule has 2 heterocycles. The van der Waals surface area contributed by atoms with Gasteiger partial charge in [0, 0.05) is 18.4 Å². The highest BCUT2D eigenvalue weighted by atomic mass is 16.2. The fraction of sp³-hybridized carbons (Fsp3) is 0.308. The number of rotatable bonds is 6. The van der Waals surface area contributed by atoms with Crippen molar-refractivity contribution >= 4 is 11.6 Å². The van der Waals surface area contributed by atoms with E-state index in [4.69, 9.17) is 0 Å². The highest BCUT2D eigenvalue weighted by molar-refractivity contribution is 6.03. The predicted molar refractivity (Wildman–Crippen MR) is 124 cm³/mol. The van der Waals surface area contributed by atoms with Gasteiger partial charge in [-0.1, -0.05) is 49.4 Å². The fourth-order valence-electron chi connectivity index (χ4n) is 3.98. The van der Waals surface area contributed by atoms with E-state index in [1.807, 2.05) is 54.6 Å². The SMILES string of the molecule is CC1CCN(Cc2ccc(NC(=O)c3cccn(Cc4ccccc4)c3=O)cc2)CC1. The number of amides is 1. The normalized spacial score (nSPS) is 15.0. The van der Waals surface area contributed by atoms with E-state index in [1.165, 1.54) is 18.4 Å². The summed E-state index contributed by atoms with van der Waals surface area (Å²) in [7, 11) is 0. The molecule has 1 amide bonds. The monoisotopic (exact) mass is 415 g/mol. The molecule has 0 saturated carbocycles. The molecule has 160 valence electrons. The van der Waals surface area contributed by atoms with Crippen molar-refractivity contribution in [2.24, 2.45) is 5.92 Å². The Morgan fingerprint density at radius 3 is 2.29 bits per heavy atom. The average Bonchev–Trinajstić information content (AvgIpc) is 2.79. The molecule has 0 aliphatic carbocycles. The van der Waals surface area contributed by atoms with Gasteiger partial charge in [-0.05, 0) is 67.2 Å². The van der Waals surface area contributed by atoms with Crippen LogP contribution in [0.5, 0.6) is 0 Å². The third-order valence-corrected chi connectivity index (χ3v) is 5.95. The number of carbonyl (C=O) groups excluding carboxylic acids is 1. The van der Waals surface area contributed by atoms with Gasteiger partial charge < -0.3 is 9.88 Å². The van der Waals surface area contributed by atoms with Crippen LogP contribution in [0.1, 0.15) is 41.3 Å². The van der Waals surface area contributed by atoms with E-state index in [1.54, 1.807) is 22.9 Å². The molecular weight excluding hydrogens is 386 g/mol. The second-order valence-electron chi connectivity index (χ2n) is 8.45. The van der Waals surface area contributed by atoms with E-state index in [2.05, 4.69) is 17.1 Å². The number of pyridine rings is 1. The van der Waals surface area contributed by atoms with Gasteiger partial charge in [0.15, 0.2) is 0 Å². The van der Waals surface area contributed by atoms with Gasteiger partial charge in [-0.3, -0.25) is 14.5 Å². The smallest absolute Gasteiger partial charge is 0.263 e. The van der Waals surface area contributed by atoms with Crippen molar-refractivity contribution in [1.29, 1.82) is 0 Å². The van der Waals surface area contributed by atoms with Crippen molar-refractivity contribution in [2.45, 2.75) is 32.9 Å². The van der Waals surface area contributed by atoms with E-state index in [0.29, 0.717) is 12.2 Å². The number of carbonyl (C=O) groups is 1. The molecule has 1 saturated heterocycles. The first kappa shape index (κ1) is 21.1. The molecule has 0 unspecified atom stereocenters. The molecule has 5 heteroatoms. The van der Waals surface area contributed by atoms with Gasteiger partial charge >= 0.3 is 0 Å². The highest BCUT2D eigenvalue weighted by Gasteiger charge is 2.16. The Morgan fingerprint density at radius 2 is 1.58 bits per heavy atom. The molecule has 0 spiro atoms. The lowest BCUT2D eigenvalue weighted by atomic mass is 9.99. The van der Waals surface area contributed by atoms with Crippen molar-refractivity contribution in [1.82, 2.24) is 9.47 Å². The third-order valence-electron chi connectivity index (χ3n) is 5.95. The molecule has 31 heavy (non-hydrogen) atoms. The Labute approximate surface area is 183 Å². The van der Waals surface area contributed by atoms with Crippen LogP contribution in [0, 0.1) is 5.92 Å². The van der Waals surface area contributed by atoms with Gasteiger partial charge in [0.05, 0.1) is 6.54 Å². The summed E-state index contributed by atoms with van der Waals surface area (Å²) in [6.07, 6.45) is 4.22. The fourth-order valence-corrected chi connectivity index (χ4v) is 3.98. The molecule has 1 aliphatic heterocycles. The van der Waals surface area contributed by atoms with Crippen molar-refractivity contribution in [3.05, 3.63) is 100.0 Å². The number of hydrogen-bond donors (Lipinski definition) is 1. The van der Waals surface area contributed by atoms with Crippen LogP contribution in [0.4, 0.5) is 5.69 Å². The molecule has 1 aromatic heterocycles. The summed E-state index contributed by atoms with van der Waals surface area (Å²) in [4.78, 5) is 28.0. The summed E-state index contributed by atoms with van der Waals surface area (Å²) in [5, 5.41) is 2.86. The van der Waals surface area contributed by atoms with Gasteiger partial charge in [0.2, 0.25) is 0 Å². The lowest BCUT2D eigenvalue weighted by Crippen LogP contribution is -2.32. The Kier molecular flexibility index (Phi) is 6.63. The number of anilines is 1. The van der Waals surface area contributed by atoms with Gasteiger partial charge in [-0.15, -0.1) is 0 Å². The van der Waals surface area contributed by atoms with Crippen LogP contribution in [-0.4, -0.2) is 28.5 Å². The predicted octanol–water partition coefficient (Wildman–Crippen LogP) is 4.38. The zero-order valence-corrected chi connectivity index (χ0v) is 18.0. The van der Waals surface area contributed by atoms with Crippen LogP contribution < -0.4 is 10.9 Å². The third kappa shape index (κ3) is 5.50. The summed E-state index contributed by atoms with van der Waals surface area (Å²) < 4.78 is 1.56. The molecule has 3 aromatic rings. The summed E-state index contributed by atoms with van der Waals surface area (Å²) in [6.45, 7) is 5.97. The molecule has 0 radical (unpaired) electrons. The minimum atomic E-state index is -0.384. The van der Waals surface area contributed by atoms with E-state index < -0.39 is 0 Å². The number of aromatic nitrogens is 1. The first-order valence-corrected chi connectivity index (χ1v) is 10.9. The van der Waals surface area contributed by atoms with Crippen molar-refractivity contribution < 1.29 is 4.79 Å². The number of nitrogens with one attached hydrogen (secondary N) is 1. The molecule has 4 rings (SSSR count). The van der Waals surface area contributed by atoms with Gasteiger partial charge in [0.1, 0.15) is 5.56 Å². The van der Waals surface area contributed by atoms with Crippen molar-refractivity contribution in [3.63, 3.8) is 0 Å². The van der Waals surface area contributed by atoms with Gasteiger partial charge in [-0.25, -0.2) is 0 Å². The first-order valence-electron chi connectivity index (χ1n) is 10.9. The maximum atomic E-state index is 12.8. The molecule has 1 N–H and O–H groups in total. The lowest BCUT2D eigenvalue weighted by molar-refractivity contribution is 0.102. The standard InChI is InChI=1S/C26H29N3O2/c1-20-13-16-28(17-14-20)18-22-9-11-23(12-10-22)27-25(30)24-8-5-15-29(26(24)31)19-21-6-3-2-4-7-21/h2-12,15,20H,13-14,16-19H2,1H3,(H,27,30). The number of likely N-dealkylation sites (tertiary alicyclic amines) is 1. The average molecular weight is 416 g/mol. The zero-order chi connectivity index (χ0) is 21.6. The Morgan fingerprint density at radius 1 is 0.903 bits per heavy atom. The van der Waals surface area contributed by atoms with E-state index in [0.717, 1.165) is 31.1 Å². The summed E-state index contributed by atoms with van der Waals surface area (Å²) in [5.41, 5.74) is 2.79. The van der Waals surface area contributed by atoms with Crippen LogP contribution in [0.2, 0.25) is 0 Å². The van der Waals surface area contributed by atoms with Gasteiger partial charge in [-0.2, -0.15) is 0 Å². The number of hydrogen-bond acceptors (Lipinski definition) is 3. The van der Waals surface area contributed by atoms with Gasteiger partial charge in [0.25, 0.3) is 11.5 Å². The van der Waals surface area contributed by atoms with Crippen LogP contribution in [0.25, 0.3) is 0 Å². The molecule has 1 fully saturated rings. The topological polar surface area (TPSA) is 54.3 Å². The minimum absolute atomic E-state index is 0.143. The van der Waals surface area contributed by atoms with Crippen LogP contribution in [-0.2, 0) is 13.1 Å². The van der Waals surface area contributed by atoms with Crippen molar-refractivity contribution in [2.75, 3.05) is 18.4 Å². The van der Waals surface area contributed by atoms with Crippen LogP contribution in [0.3, 0.4) is 0 Å². The highest BCUT2D eigenvalue weighted by Crippen LogP contribution is 2.19. The molecule has 0 atom stereocenters. The summed E-state index contributed by atoms with van der Waals surface area (Å²) in [6, 6.07) is 21.0. The zero-order valence-electron chi connectivity index (χ0n) is 18.0. The minimum Gasteiger partial charge on any atom is -0.322 e. The number of nitrogens with zero attached hydrogens (tertiary/aromatic N) is 2. The van der Waals surface area contributed by atoms with E-state index >= 15 is 0 Å². The summed E-state index contributed by atoms with van der Waals surface area (Å²) >= 11 is 0. The quantitative estimate of drug-likeness (QED) is 0.650. The van der Waals surface area contributed by atoms with Crippen molar-refractivity contribution in [3.8, 4) is 0 Å². The number of piperidine rings is 1. The molecule has 5 nitrogen and oxygen atoms in total. The molecular formula is C26H29N3O2. The maximum absolute atomic E-state index is 12.8. The Hall–Kier alpha value is -3.18. The Balaban J connectivity index is 1.40. The molecule has 2 aromatic carbocycles. The second-order valence-corrected chi connectivity index (χ2v) is 8.45. The van der Waals surface area contributed by atoms with Crippen LogP contribution in [0.15, 0.2) is 77.7 Å². The Bertz CT molecular complexity index is 1070. The largest absolute Gasteiger partial charge is 0.322 e.